The SMILES string of the molecule is FBSI. The third kappa shape index (κ3) is 3.07. The van der Waals surface area contributed by atoms with Crippen molar-refractivity contribution in [3.05, 3.63) is 0 Å². The van der Waals surface area contributed by atoms with Crippen LogP contribution in [0.15, 0.2) is 0 Å². The lowest BCUT2D eigenvalue weighted by atomic mass is 10.6. The fourth-order valence-corrected chi connectivity index (χ4v) is 0. The summed E-state index contributed by atoms with van der Waals surface area (Å²) in [5.74, 6) is 0. The van der Waals surface area contributed by atoms with Crippen molar-refractivity contribution in [1.29, 1.82) is 0 Å². The molecule has 0 nitrogen and oxygen atoms in total. The Morgan fingerprint density at radius 1 is 2.00 bits per heavy atom. The van der Waals surface area contributed by atoms with Crippen LogP contribution >= 0.6 is 30.0 Å². The number of hydrogen-bond donors (Lipinski definition) is 0. The van der Waals surface area contributed by atoms with Gasteiger partial charge in [0.2, 0.25) is 0 Å². The zero-order valence-electron chi connectivity index (χ0n) is 1.87. The molecule has 0 aliphatic rings. The van der Waals surface area contributed by atoms with E-state index in [1.807, 2.05) is 21.2 Å². The third-order valence-electron chi connectivity index (χ3n) is 0.0412. The highest BCUT2D eigenvalue weighted by Crippen LogP contribution is 2.05. The molecular formula is HBFIS. The smallest absolute Gasteiger partial charge is 0.324 e. The summed E-state index contributed by atoms with van der Waals surface area (Å²) in [4.78, 5) is 0. The van der Waals surface area contributed by atoms with E-state index in [2.05, 4.69) is 0 Å². The van der Waals surface area contributed by atoms with E-state index in [1.54, 1.807) is 0 Å². The summed E-state index contributed by atoms with van der Waals surface area (Å²) >= 11 is 1.89. The predicted molar refractivity (Wildman–Crippen MR) is 29.9 cm³/mol. The van der Waals surface area contributed by atoms with Gasteiger partial charge >= 0.3 is 6.84 Å². The van der Waals surface area contributed by atoms with Gasteiger partial charge in [-0.3, -0.25) is 0 Å². The molecule has 0 spiro atoms. The maximum atomic E-state index is 10.7. The lowest BCUT2D eigenvalue weighted by molar-refractivity contribution is 0.896. The van der Waals surface area contributed by atoms with E-state index in [0.717, 1.165) is 8.78 Å². The molecule has 0 rings (SSSR count). The van der Waals surface area contributed by atoms with Gasteiger partial charge in [0.1, 0.15) is 0 Å². The van der Waals surface area contributed by atoms with E-state index in [1.165, 1.54) is 0 Å². The van der Waals surface area contributed by atoms with Gasteiger partial charge < -0.3 is 4.32 Å². The quantitative estimate of drug-likeness (QED) is 0.443. The van der Waals surface area contributed by atoms with Crippen molar-refractivity contribution < 1.29 is 4.32 Å². The summed E-state index contributed by atoms with van der Waals surface area (Å²) in [7, 11) is 1.16. The van der Waals surface area contributed by atoms with Crippen molar-refractivity contribution >= 4 is 36.8 Å². The monoisotopic (exact) mass is 190 g/mol. The highest BCUT2D eigenvalue weighted by molar-refractivity contribution is 14.2. The molecule has 0 saturated carbocycles. The summed E-state index contributed by atoms with van der Waals surface area (Å²) in [6.45, 7) is -0.277. The van der Waals surface area contributed by atoms with Gasteiger partial charge in [0.05, 0.1) is 0 Å². The third-order valence-corrected chi connectivity index (χ3v) is 0.830. The van der Waals surface area contributed by atoms with Gasteiger partial charge in [0.25, 0.3) is 0 Å². The standard InChI is InChI=1S/BFHIS/c2-1-4-3/h1H. The van der Waals surface area contributed by atoms with Crippen molar-refractivity contribution in [1.82, 2.24) is 0 Å². The molecule has 0 heterocycles. The van der Waals surface area contributed by atoms with Gasteiger partial charge in [-0.1, -0.05) is 0 Å². The highest BCUT2D eigenvalue weighted by atomic mass is 127. The fraction of sp³-hybridized carbons (Fsp3) is 0. The van der Waals surface area contributed by atoms with Crippen LogP contribution < -0.4 is 0 Å². The molecule has 0 aromatic heterocycles. The molecule has 4 heavy (non-hydrogen) atoms. The molecule has 0 amide bonds. The summed E-state index contributed by atoms with van der Waals surface area (Å²) < 4.78 is 10.7. The Balaban J connectivity index is 1.97. The molecule has 0 bridgehead atoms. The molecular weight excluding hydrogens is 189 g/mol. The normalized spacial score (nSPS) is 6.50. The first kappa shape index (κ1) is 5.07. The summed E-state index contributed by atoms with van der Waals surface area (Å²) in [6, 6.07) is 0. The second-order valence-electron chi connectivity index (χ2n) is 0.218. The first-order valence-electron chi connectivity index (χ1n) is 0.710. The molecule has 0 aromatic carbocycles. The molecule has 0 aliphatic carbocycles. The summed E-state index contributed by atoms with van der Waals surface area (Å²) in [5.41, 5.74) is 0. The maximum absolute atomic E-state index is 10.7. The van der Waals surface area contributed by atoms with Gasteiger partial charge in [0, 0.05) is 0 Å². The minimum Gasteiger partial charge on any atom is -0.324 e. The van der Waals surface area contributed by atoms with Crippen molar-refractivity contribution in [3.63, 3.8) is 0 Å². The minimum atomic E-state index is -0.277. The minimum absolute atomic E-state index is 0.277. The molecule has 0 atom stereocenters. The predicted octanol–water partition coefficient (Wildman–Crippen LogP) is 1.31. The van der Waals surface area contributed by atoms with Crippen LogP contribution in [0.2, 0.25) is 0 Å². The average Bonchev–Trinajstić information content (AvgIpc) is 1.37. The van der Waals surface area contributed by atoms with Gasteiger partial charge in [-0.05, 0) is 21.2 Å². The second kappa shape index (κ2) is 4.07. The first-order chi connectivity index (χ1) is 1.91. The van der Waals surface area contributed by atoms with E-state index >= 15 is 0 Å². The number of halogens is 2. The molecule has 0 saturated heterocycles. The van der Waals surface area contributed by atoms with Crippen LogP contribution in [0.25, 0.3) is 0 Å². The molecule has 0 aromatic rings. The Labute approximate surface area is 41.3 Å². The van der Waals surface area contributed by atoms with Gasteiger partial charge in [-0.2, -0.15) is 0 Å². The van der Waals surface area contributed by atoms with Crippen LogP contribution in [0.5, 0.6) is 0 Å². The van der Waals surface area contributed by atoms with Crippen LogP contribution in [0.1, 0.15) is 0 Å². The van der Waals surface area contributed by atoms with Crippen LogP contribution in [0, 0.1) is 0 Å². The zero-order chi connectivity index (χ0) is 3.41. The van der Waals surface area contributed by atoms with Crippen molar-refractivity contribution in [2.45, 2.75) is 0 Å². The molecule has 4 heteroatoms. The number of hydrogen-bond acceptors (Lipinski definition) is 1. The number of rotatable bonds is 1. The fourth-order valence-electron chi connectivity index (χ4n) is 0. The lowest BCUT2D eigenvalue weighted by Crippen LogP contribution is -1.49. The van der Waals surface area contributed by atoms with E-state index in [4.69, 9.17) is 0 Å². The van der Waals surface area contributed by atoms with Crippen LogP contribution in [-0.4, -0.2) is 6.84 Å². The van der Waals surface area contributed by atoms with Crippen molar-refractivity contribution in [3.8, 4) is 0 Å². The largest absolute Gasteiger partial charge is 0.405 e. The topological polar surface area (TPSA) is 0 Å². The summed E-state index contributed by atoms with van der Waals surface area (Å²) in [6.07, 6.45) is 0. The lowest BCUT2D eigenvalue weighted by Gasteiger charge is -1.58. The van der Waals surface area contributed by atoms with E-state index < -0.39 is 0 Å². The van der Waals surface area contributed by atoms with Gasteiger partial charge in [0.15, 0.2) is 0 Å². The Kier molecular flexibility index (Phi) is 5.17. The Bertz CT molecular complexity index is 10.0. The van der Waals surface area contributed by atoms with Crippen LogP contribution in [0.4, 0.5) is 4.32 Å². The van der Waals surface area contributed by atoms with Crippen molar-refractivity contribution in [2.24, 2.45) is 0 Å². The molecule has 0 N–H and O–H groups in total. The first-order valence-corrected chi connectivity index (χ1v) is 4.24. The average molecular weight is 190 g/mol. The Morgan fingerprint density at radius 3 is 2.25 bits per heavy atom. The van der Waals surface area contributed by atoms with Gasteiger partial charge in [-0.25, -0.2) is 0 Å². The highest BCUT2D eigenvalue weighted by Gasteiger charge is 1.71. The molecule has 0 unspecified atom stereocenters. The Morgan fingerprint density at radius 2 is 2.25 bits per heavy atom. The zero-order valence-corrected chi connectivity index (χ0v) is 4.85. The molecule has 0 fully saturated rings. The maximum Gasteiger partial charge on any atom is 0.405 e. The molecule has 0 radical (unpaired) electrons. The van der Waals surface area contributed by atoms with E-state index in [0.29, 0.717) is 0 Å². The second-order valence-corrected chi connectivity index (χ2v) is 2.52. The van der Waals surface area contributed by atoms with Crippen molar-refractivity contribution in [2.75, 3.05) is 0 Å². The van der Waals surface area contributed by atoms with Crippen LogP contribution in [-0.2, 0) is 0 Å². The van der Waals surface area contributed by atoms with E-state index in [9.17, 15) is 4.32 Å². The molecule has 0 aliphatic heterocycles. The molecule has 24 valence electrons. The van der Waals surface area contributed by atoms with Crippen LogP contribution in [0.3, 0.4) is 0 Å². The van der Waals surface area contributed by atoms with Gasteiger partial charge in [-0.15, -0.1) is 8.78 Å². The van der Waals surface area contributed by atoms with E-state index in [-0.39, 0.29) is 6.84 Å². The summed E-state index contributed by atoms with van der Waals surface area (Å²) in [5, 5.41) is 0. The Hall–Kier alpha value is 1.07.